The summed E-state index contributed by atoms with van der Waals surface area (Å²) < 4.78 is 11.0. The molecule has 0 aliphatic carbocycles. The Kier molecular flexibility index (Phi) is 3.26. The van der Waals surface area contributed by atoms with Gasteiger partial charge in [-0.2, -0.15) is 4.98 Å². The van der Waals surface area contributed by atoms with Crippen LogP contribution in [0.5, 0.6) is 5.75 Å². The first-order valence-electron chi connectivity index (χ1n) is 6.77. The molecule has 3 rings (SSSR count). The third kappa shape index (κ3) is 2.19. The van der Waals surface area contributed by atoms with E-state index in [0.717, 1.165) is 17.7 Å². The molecule has 1 aliphatic heterocycles. The molecule has 2 atom stereocenters. The molecule has 0 saturated carbocycles. The molecule has 0 amide bonds. The maximum absolute atomic E-state index is 11.5. The third-order valence-electron chi connectivity index (χ3n) is 3.59. The van der Waals surface area contributed by atoms with Gasteiger partial charge < -0.3 is 9.26 Å². The molecule has 1 aromatic heterocycles. The first-order chi connectivity index (χ1) is 9.69. The Morgan fingerprint density at radius 1 is 1.45 bits per heavy atom. The number of carbonyl (C=O) groups is 1. The van der Waals surface area contributed by atoms with E-state index in [1.54, 1.807) is 6.92 Å². The standard InChI is InChI=1S/C15H16N2O3/c1-3-11(9(2)18)15-16-14(17-20-15)13-8-10-6-4-5-7-12(10)19-13/h4-7,11,13H,3,8H2,1-2H3. The maximum Gasteiger partial charge on any atom is 0.237 e. The lowest BCUT2D eigenvalue weighted by Gasteiger charge is -2.05. The van der Waals surface area contributed by atoms with E-state index in [1.165, 1.54) is 0 Å². The number of fused-ring (bicyclic) bond motifs is 1. The summed E-state index contributed by atoms with van der Waals surface area (Å²) in [6, 6.07) is 7.88. The molecular weight excluding hydrogens is 256 g/mol. The van der Waals surface area contributed by atoms with Crippen molar-refractivity contribution in [1.29, 1.82) is 0 Å². The summed E-state index contributed by atoms with van der Waals surface area (Å²) in [4.78, 5) is 15.9. The van der Waals surface area contributed by atoms with E-state index in [1.807, 2.05) is 31.2 Å². The zero-order chi connectivity index (χ0) is 14.1. The quantitative estimate of drug-likeness (QED) is 0.856. The van der Waals surface area contributed by atoms with Gasteiger partial charge in [-0.05, 0) is 25.0 Å². The number of hydrogen-bond acceptors (Lipinski definition) is 5. The molecule has 2 aromatic rings. The minimum absolute atomic E-state index is 0.0401. The number of Topliss-reactive ketones (excluding diaryl/α,β-unsaturated/α-hetero) is 1. The van der Waals surface area contributed by atoms with Gasteiger partial charge in [0.2, 0.25) is 11.7 Å². The van der Waals surface area contributed by atoms with E-state index in [4.69, 9.17) is 9.26 Å². The number of hydrogen-bond donors (Lipinski definition) is 0. The average Bonchev–Trinajstić information content (AvgIpc) is 3.04. The Bertz CT molecular complexity index is 611. The molecule has 2 heterocycles. The molecule has 0 spiro atoms. The first-order valence-corrected chi connectivity index (χ1v) is 6.77. The molecule has 0 fully saturated rings. The zero-order valence-corrected chi connectivity index (χ0v) is 11.5. The fourth-order valence-electron chi connectivity index (χ4n) is 2.48. The van der Waals surface area contributed by atoms with Gasteiger partial charge in [0.25, 0.3) is 0 Å². The van der Waals surface area contributed by atoms with Crippen LogP contribution in [0.1, 0.15) is 49.6 Å². The highest BCUT2D eigenvalue weighted by molar-refractivity contribution is 5.82. The van der Waals surface area contributed by atoms with E-state index in [9.17, 15) is 4.79 Å². The second kappa shape index (κ2) is 5.07. The van der Waals surface area contributed by atoms with Gasteiger partial charge in [-0.15, -0.1) is 0 Å². The van der Waals surface area contributed by atoms with Crippen molar-refractivity contribution in [1.82, 2.24) is 10.1 Å². The summed E-state index contributed by atoms with van der Waals surface area (Å²) in [6.07, 6.45) is 1.16. The molecule has 1 aliphatic rings. The predicted molar refractivity (Wildman–Crippen MR) is 71.5 cm³/mol. The highest BCUT2D eigenvalue weighted by atomic mass is 16.5. The molecule has 5 heteroatoms. The fraction of sp³-hybridized carbons (Fsp3) is 0.400. The molecule has 20 heavy (non-hydrogen) atoms. The summed E-state index contributed by atoms with van der Waals surface area (Å²) in [5, 5.41) is 3.97. The number of benzene rings is 1. The summed E-state index contributed by atoms with van der Waals surface area (Å²) in [7, 11) is 0. The van der Waals surface area contributed by atoms with Crippen LogP contribution in [0.3, 0.4) is 0 Å². The van der Waals surface area contributed by atoms with Gasteiger partial charge in [0.1, 0.15) is 11.5 Å². The molecule has 0 saturated heterocycles. The topological polar surface area (TPSA) is 65.2 Å². The van der Waals surface area contributed by atoms with E-state index < -0.39 is 0 Å². The smallest absolute Gasteiger partial charge is 0.237 e. The Morgan fingerprint density at radius 3 is 2.95 bits per heavy atom. The fourth-order valence-corrected chi connectivity index (χ4v) is 2.48. The normalized spacial score (nSPS) is 18.4. The second-order valence-corrected chi connectivity index (χ2v) is 4.98. The maximum atomic E-state index is 11.5. The molecule has 0 radical (unpaired) electrons. The van der Waals surface area contributed by atoms with Crippen LogP contribution in [0, 0.1) is 0 Å². The molecule has 0 bridgehead atoms. The Balaban J connectivity index is 1.81. The minimum atomic E-state index is -0.319. The van der Waals surface area contributed by atoms with E-state index >= 15 is 0 Å². The van der Waals surface area contributed by atoms with Gasteiger partial charge in [0.15, 0.2) is 6.10 Å². The van der Waals surface area contributed by atoms with E-state index in [2.05, 4.69) is 10.1 Å². The number of ketones is 1. The van der Waals surface area contributed by atoms with Crippen molar-refractivity contribution in [3.05, 3.63) is 41.5 Å². The van der Waals surface area contributed by atoms with Crippen LogP contribution in [0.2, 0.25) is 0 Å². The lowest BCUT2D eigenvalue weighted by Crippen LogP contribution is -2.09. The van der Waals surface area contributed by atoms with Crippen LogP contribution >= 0.6 is 0 Å². The highest BCUT2D eigenvalue weighted by Crippen LogP contribution is 2.35. The lowest BCUT2D eigenvalue weighted by atomic mass is 10.0. The van der Waals surface area contributed by atoms with Gasteiger partial charge in [-0.3, -0.25) is 4.79 Å². The molecule has 2 unspecified atom stereocenters. The SMILES string of the molecule is CCC(C(C)=O)c1nc(C2Cc3ccccc3O2)no1. The van der Waals surface area contributed by atoms with Gasteiger partial charge in [-0.1, -0.05) is 30.3 Å². The number of ether oxygens (including phenoxy) is 1. The number of para-hydroxylation sites is 1. The summed E-state index contributed by atoms with van der Waals surface area (Å²) in [5.74, 6) is 1.48. The Labute approximate surface area is 116 Å². The van der Waals surface area contributed by atoms with Crippen molar-refractivity contribution >= 4 is 5.78 Å². The molecular formula is C15H16N2O3. The van der Waals surface area contributed by atoms with Gasteiger partial charge in [0.05, 0.1) is 5.92 Å². The lowest BCUT2D eigenvalue weighted by molar-refractivity contribution is -0.119. The summed E-state index contributed by atoms with van der Waals surface area (Å²) in [6.45, 7) is 3.47. The van der Waals surface area contributed by atoms with E-state index in [-0.39, 0.29) is 17.8 Å². The molecule has 104 valence electrons. The van der Waals surface area contributed by atoms with Gasteiger partial charge in [0, 0.05) is 6.42 Å². The van der Waals surface area contributed by atoms with Crippen molar-refractivity contribution in [3.63, 3.8) is 0 Å². The highest BCUT2D eigenvalue weighted by Gasteiger charge is 2.30. The van der Waals surface area contributed by atoms with Crippen LogP contribution in [0.25, 0.3) is 0 Å². The van der Waals surface area contributed by atoms with Gasteiger partial charge >= 0.3 is 0 Å². The van der Waals surface area contributed by atoms with Crippen molar-refractivity contribution in [2.24, 2.45) is 0 Å². The van der Waals surface area contributed by atoms with E-state index in [0.29, 0.717) is 18.1 Å². The number of rotatable bonds is 4. The Morgan fingerprint density at radius 2 is 2.25 bits per heavy atom. The number of carbonyl (C=O) groups excluding carboxylic acids is 1. The van der Waals surface area contributed by atoms with Crippen molar-refractivity contribution in [2.75, 3.05) is 0 Å². The van der Waals surface area contributed by atoms with Gasteiger partial charge in [-0.25, -0.2) is 0 Å². The minimum Gasteiger partial charge on any atom is -0.482 e. The third-order valence-corrected chi connectivity index (χ3v) is 3.59. The van der Waals surface area contributed by atoms with Crippen molar-refractivity contribution in [3.8, 4) is 5.75 Å². The average molecular weight is 272 g/mol. The van der Waals surface area contributed by atoms with Crippen LogP contribution in [-0.2, 0) is 11.2 Å². The van der Waals surface area contributed by atoms with Crippen LogP contribution in [0.15, 0.2) is 28.8 Å². The molecule has 0 N–H and O–H groups in total. The summed E-state index contributed by atoms with van der Waals surface area (Å²) >= 11 is 0. The first kappa shape index (κ1) is 12.8. The van der Waals surface area contributed by atoms with Crippen molar-refractivity contribution < 1.29 is 14.1 Å². The number of aromatic nitrogens is 2. The largest absolute Gasteiger partial charge is 0.482 e. The molecule has 1 aromatic carbocycles. The monoisotopic (exact) mass is 272 g/mol. The summed E-state index contributed by atoms with van der Waals surface area (Å²) in [5.41, 5.74) is 1.14. The van der Waals surface area contributed by atoms with Crippen molar-refractivity contribution in [2.45, 2.75) is 38.7 Å². The number of nitrogens with zero attached hydrogens (tertiary/aromatic N) is 2. The van der Waals surface area contributed by atoms with Crippen LogP contribution in [0.4, 0.5) is 0 Å². The Hall–Kier alpha value is -2.17. The van der Waals surface area contributed by atoms with Crippen LogP contribution in [-0.4, -0.2) is 15.9 Å². The van der Waals surface area contributed by atoms with Crippen LogP contribution < -0.4 is 4.74 Å². The predicted octanol–water partition coefficient (Wildman–Crippen LogP) is 2.83. The molecule has 5 nitrogen and oxygen atoms in total. The second-order valence-electron chi connectivity index (χ2n) is 4.98. The zero-order valence-electron chi connectivity index (χ0n) is 11.5.